The molecule has 1 aromatic rings. The molecule has 0 bridgehead atoms. The van der Waals surface area contributed by atoms with E-state index in [-0.39, 0.29) is 6.54 Å². The fraction of sp³-hybridized carbons (Fsp3) is 0.455. The molecular formula is C11H16FNO. The minimum absolute atomic E-state index is 0.00975. The Morgan fingerprint density at radius 2 is 1.93 bits per heavy atom. The highest BCUT2D eigenvalue weighted by Gasteiger charge is 2.27. The third-order valence-electron chi connectivity index (χ3n) is 2.49. The van der Waals surface area contributed by atoms with E-state index in [1.54, 1.807) is 38.3 Å². The Kier molecular flexibility index (Phi) is 3.47. The van der Waals surface area contributed by atoms with Gasteiger partial charge >= 0.3 is 0 Å². The van der Waals surface area contributed by atoms with E-state index in [2.05, 4.69) is 0 Å². The number of hydrogen-bond acceptors (Lipinski definition) is 2. The topological polar surface area (TPSA) is 35.2 Å². The number of methoxy groups -OCH3 is 1. The smallest absolute Gasteiger partial charge is 0.147 e. The number of nitrogens with two attached hydrogens (primary N) is 1. The molecule has 0 radical (unpaired) electrons. The van der Waals surface area contributed by atoms with Crippen LogP contribution in [0.1, 0.15) is 18.9 Å². The number of ether oxygens (including phenoxy) is 1. The summed E-state index contributed by atoms with van der Waals surface area (Å²) >= 11 is 0. The van der Waals surface area contributed by atoms with Gasteiger partial charge in [0.25, 0.3) is 0 Å². The van der Waals surface area contributed by atoms with Crippen molar-refractivity contribution in [2.45, 2.75) is 19.0 Å². The number of halogens is 1. The van der Waals surface area contributed by atoms with E-state index in [9.17, 15) is 4.39 Å². The largest absolute Gasteiger partial charge is 0.497 e. The van der Waals surface area contributed by atoms with Crippen molar-refractivity contribution in [1.82, 2.24) is 0 Å². The van der Waals surface area contributed by atoms with Gasteiger partial charge < -0.3 is 10.5 Å². The molecule has 0 spiro atoms. The van der Waals surface area contributed by atoms with Gasteiger partial charge in [-0.25, -0.2) is 4.39 Å². The molecule has 3 heteroatoms. The van der Waals surface area contributed by atoms with Gasteiger partial charge in [0.15, 0.2) is 0 Å². The first-order chi connectivity index (χ1) is 6.66. The van der Waals surface area contributed by atoms with E-state index in [1.807, 2.05) is 0 Å². The van der Waals surface area contributed by atoms with Crippen molar-refractivity contribution in [2.75, 3.05) is 13.7 Å². The molecule has 14 heavy (non-hydrogen) atoms. The van der Waals surface area contributed by atoms with Crippen molar-refractivity contribution in [3.63, 3.8) is 0 Å². The zero-order chi connectivity index (χ0) is 10.6. The van der Waals surface area contributed by atoms with Gasteiger partial charge in [-0.15, -0.1) is 0 Å². The standard InChI is InChI=1S/C11H16FNO/c1-3-11(12,8-13)9-4-6-10(14-2)7-5-9/h4-7H,3,8,13H2,1-2H3/t11-/m1/s1. The highest BCUT2D eigenvalue weighted by Crippen LogP contribution is 2.29. The second-order valence-electron chi connectivity index (χ2n) is 3.25. The fourth-order valence-electron chi connectivity index (χ4n) is 1.36. The Balaban J connectivity index is 2.95. The summed E-state index contributed by atoms with van der Waals surface area (Å²) in [5, 5.41) is 0. The molecule has 0 aromatic heterocycles. The summed E-state index contributed by atoms with van der Waals surface area (Å²) in [5.74, 6) is 0.726. The lowest BCUT2D eigenvalue weighted by molar-refractivity contribution is 0.169. The lowest BCUT2D eigenvalue weighted by Crippen LogP contribution is -2.29. The maximum atomic E-state index is 14.1. The molecule has 0 unspecified atom stereocenters. The lowest BCUT2D eigenvalue weighted by Gasteiger charge is -2.22. The molecule has 0 saturated heterocycles. The summed E-state index contributed by atoms with van der Waals surface area (Å²) in [4.78, 5) is 0. The van der Waals surface area contributed by atoms with Crippen molar-refractivity contribution in [1.29, 1.82) is 0 Å². The summed E-state index contributed by atoms with van der Waals surface area (Å²) in [5.41, 5.74) is 4.62. The molecule has 0 aliphatic heterocycles. The van der Waals surface area contributed by atoms with Crippen LogP contribution in [0.4, 0.5) is 4.39 Å². The molecule has 0 heterocycles. The van der Waals surface area contributed by atoms with Crippen LogP contribution in [0.15, 0.2) is 24.3 Å². The van der Waals surface area contributed by atoms with Crippen LogP contribution >= 0.6 is 0 Å². The van der Waals surface area contributed by atoms with Gasteiger partial charge in [0.05, 0.1) is 7.11 Å². The molecule has 0 saturated carbocycles. The zero-order valence-corrected chi connectivity index (χ0v) is 8.59. The van der Waals surface area contributed by atoms with Gasteiger partial charge in [-0.1, -0.05) is 19.1 Å². The summed E-state index contributed by atoms with van der Waals surface area (Å²) in [6.45, 7) is 1.80. The Morgan fingerprint density at radius 1 is 1.36 bits per heavy atom. The Bertz CT molecular complexity index is 280. The number of hydrogen-bond donors (Lipinski definition) is 1. The average Bonchev–Trinajstić information content (AvgIpc) is 2.28. The van der Waals surface area contributed by atoms with E-state index in [0.29, 0.717) is 12.0 Å². The predicted molar refractivity (Wildman–Crippen MR) is 55.1 cm³/mol. The second kappa shape index (κ2) is 4.42. The normalized spacial score (nSPS) is 14.9. The minimum atomic E-state index is -1.41. The molecule has 0 aliphatic rings. The number of alkyl halides is 1. The average molecular weight is 197 g/mol. The summed E-state index contributed by atoms with van der Waals surface area (Å²) in [6.07, 6.45) is 0.385. The minimum Gasteiger partial charge on any atom is -0.497 e. The van der Waals surface area contributed by atoms with Gasteiger partial charge in [-0.05, 0) is 24.1 Å². The molecule has 0 amide bonds. The molecule has 2 N–H and O–H groups in total. The SMILES string of the molecule is CC[C@@](F)(CN)c1ccc(OC)cc1. The fourth-order valence-corrected chi connectivity index (χ4v) is 1.36. The molecule has 1 aromatic carbocycles. The first-order valence-electron chi connectivity index (χ1n) is 4.70. The van der Waals surface area contributed by atoms with Crippen LogP contribution < -0.4 is 10.5 Å². The third kappa shape index (κ3) is 2.04. The molecule has 1 atom stereocenters. The quantitative estimate of drug-likeness (QED) is 0.803. The third-order valence-corrected chi connectivity index (χ3v) is 2.49. The molecule has 78 valence electrons. The van der Waals surface area contributed by atoms with E-state index in [0.717, 1.165) is 5.75 Å². The van der Waals surface area contributed by atoms with Crippen molar-refractivity contribution >= 4 is 0 Å². The van der Waals surface area contributed by atoms with Crippen LogP contribution in [0, 0.1) is 0 Å². The molecule has 1 rings (SSSR count). The predicted octanol–water partition coefficient (Wildman–Crippen LogP) is 2.23. The van der Waals surface area contributed by atoms with E-state index < -0.39 is 5.67 Å². The van der Waals surface area contributed by atoms with Crippen molar-refractivity contribution in [3.8, 4) is 5.75 Å². The highest BCUT2D eigenvalue weighted by molar-refractivity contribution is 5.31. The van der Waals surface area contributed by atoms with Crippen LogP contribution in [0.2, 0.25) is 0 Å². The van der Waals surface area contributed by atoms with Crippen LogP contribution in [0.3, 0.4) is 0 Å². The molecule has 0 fully saturated rings. The van der Waals surface area contributed by atoms with Crippen LogP contribution in [-0.4, -0.2) is 13.7 Å². The maximum absolute atomic E-state index is 14.1. The van der Waals surface area contributed by atoms with Crippen molar-refractivity contribution in [3.05, 3.63) is 29.8 Å². The summed E-state index contributed by atoms with van der Waals surface area (Å²) in [7, 11) is 1.58. The van der Waals surface area contributed by atoms with Crippen LogP contribution in [-0.2, 0) is 5.67 Å². The first kappa shape index (κ1) is 11.0. The van der Waals surface area contributed by atoms with Crippen molar-refractivity contribution in [2.24, 2.45) is 5.73 Å². The maximum Gasteiger partial charge on any atom is 0.147 e. The summed E-state index contributed by atoms with van der Waals surface area (Å²) in [6, 6.07) is 6.92. The first-order valence-corrected chi connectivity index (χ1v) is 4.70. The molecule has 2 nitrogen and oxygen atoms in total. The number of rotatable bonds is 4. The van der Waals surface area contributed by atoms with Gasteiger partial charge in [0, 0.05) is 6.54 Å². The molecular weight excluding hydrogens is 181 g/mol. The van der Waals surface area contributed by atoms with Gasteiger partial charge in [-0.3, -0.25) is 0 Å². The zero-order valence-electron chi connectivity index (χ0n) is 8.59. The van der Waals surface area contributed by atoms with E-state index in [1.165, 1.54) is 0 Å². The van der Waals surface area contributed by atoms with E-state index in [4.69, 9.17) is 10.5 Å². The monoisotopic (exact) mass is 197 g/mol. The van der Waals surface area contributed by atoms with Crippen LogP contribution in [0.5, 0.6) is 5.75 Å². The van der Waals surface area contributed by atoms with Crippen LogP contribution in [0.25, 0.3) is 0 Å². The Labute approximate surface area is 83.9 Å². The number of benzene rings is 1. The van der Waals surface area contributed by atoms with Gasteiger partial charge in [0.1, 0.15) is 11.4 Å². The van der Waals surface area contributed by atoms with Gasteiger partial charge in [-0.2, -0.15) is 0 Å². The van der Waals surface area contributed by atoms with E-state index >= 15 is 0 Å². The Morgan fingerprint density at radius 3 is 2.29 bits per heavy atom. The molecule has 0 aliphatic carbocycles. The van der Waals surface area contributed by atoms with Crippen molar-refractivity contribution < 1.29 is 9.13 Å². The second-order valence-corrected chi connectivity index (χ2v) is 3.25. The Hall–Kier alpha value is -1.09. The highest BCUT2D eigenvalue weighted by atomic mass is 19.1. The summed E-state index contributed by atoms with van der Waals surface area (Å²) < 4.78 is 19.0. The van der Waals surface area contributed by atoms with Gasteiger partial charge in [0.2, 0.25) is 0 Å². The lowest BCUT2D eigenvalue weighted by atomic mass is 9.93.